The lowest BCUT2D eigenvalue weighted by Crippen LogP contribution is -2.24. The summed E-state index contributed by atoms with van der Waals surface area (Å²) in [6, 6.07) is 16.5. The number of thiazole rings is 1. The van der Waals surface area contributed by atoms with Crippen molar-refractivity contribution in [3.05, 3.63) is 69.8 Å². The summed E-state index contributed by atoms with van der Waals surface area (Å²) in [7, 11) is -3.74. The van der Waals surface area contributed by atoms with Gasteiger partial charge in [0.2, 0.25) is 4.80 Å². The van der Waals surface area contributed by atoms with E-state index in [0.29, 0.717) is 4.80 Å². The molecule has 148 valence electrons. The smallest absolute Gasteiger partial charge is 0.220 e. The molecule has 0 aliphatic heterocycles. The highest BCUT2D eigenvalue weighted by Gasteiger charge is 2.25. The lowest BCUT2D eigenvalue weighted by atomic mass is 10.2. The summed E-state index contributed by atoms with van der Waals surface area (Å²) in [4.78, 5) is 6.51. The minimum absolute atomic E-state index is 0.280. The molecule has 0 N–H and O–H groups in total. The molecular weight excluding hydrogens is 408 g/mol. The molecule has 0 unspecified atom stereocenters. The zero-order valence-electron chi connectivity index (χ0n) is 16.3. The topological polar surface area (TPSA) is 51.4 Å². The molecule has 0 spiro atoms. The van der Waals surface area contributed by atoms with Gasteiger partial charge in [0.1, 0.15) is 5.03 Å². The number of hydrogen-bond donors (Lipinski definition) is 0. The van der Waals surface area contributed by atoms with Crippen molar-refractivity contribution in [1.29, 1.82) is 0 Å². The summed E-state index contributed by atoms with van der Waals surface area (Å²) in [5.74, 6) is 0. The average molecular weight is 433 g/mol. The Bertz CT molecular complexity index is 1100. The highest BCUT2D eigenvalue weighted by Crippen LogP contribution is 2.29. The van der Waals surface area contributed by atoms with Crippen LogP contribution in [0, 0.1) is 6.92 Å². The van der Waals surface area contributed by atoms with Crippen molar-refractivity contribution in [2.24, 2.45) is 4.99 Å². The Morgan fingerprint density at radius 1 is 1.07 bits per heavy atom. The normalized spacial score (nSPS) is 12.5. The second-order valence-electron chi connectivity index (χ2n) is 6.45. The predicted molar refractivity (Wildman–Crippen MR) is 118 cm³/mol. The van der Waals surface area contributed by atoms with Crippen molar-refractivity contribution in [3.8, 4) is 0 Å². The van der Waals surface area contributed by atoms with Gasteiger partial charge in [-0.3, -0.25) is 0 Å². The molecule has 0 fully saturated rings. The van der Waals surface area contributed by atoms with Gasteiger partial charge in [-0.05, 0) is 50.3 Å². The van der Waals surface area contributed by atoms with E-state index in [9.17, 15) is 8.42 Å². The molecule has 7 heteroatoms. The van der Waals surface area contributed by atoms with Gasteiger partial charge in [-0.2, -0.15) is 0 Å². The van der Waals surface area contributed by atoms with Crippen molar-refractivity contribution >= 4 is 38.8 Å². The Kier molecular flexibility index (Phi) is 6.80. The first-order chi connectivity index (χ1) is 13.5. The number of hydrogen-bond acceptors (Lipinski definition) is 5. The Balaban J connectivity index is 2.26. The predicted octanol–water partition coefficient (Wildman–Crippen LogP) is 5.39. The SMILES string of the molecule is CCCCc1sc(=Nc2ccccc2)n(S(=O)(=O)c2ccc(C)cc2)c1SC. The van der Waals surface area contributed by atoms with Crippen LogP contribution in [0.15, 0.2) is 69.5 Å². The first-order valence-corrected chi connectivity index (χ1v) is 12.7. The standard InChI is InChI=1S/C21H24N2O2S3/c1-4-5-11-19-20(26-3)23(21(27-19)22-17-9-7-6-8-10-17)28(24,25)18-14-12-16(2)13-15-18/h6-10,12-15H,4-5,11H2,1-3H3. The summed E-state index contributed by atoms with van der Waals surface area (Å²) in [6.07, 6.45) is 4.85. The third kappa shape index (κ3) is 4.42. The van der Waals surface area contributed by atoms with Crippen LogP contribution in [-0.2, 0) is 16.4 Å². The first-order valence-electron chi connectivity index (χ1n) is 9.18. The van der Waals surface area contributed by atoms with Gasteiger partial charge in [-0.15, -0.1) is 11.8 Å². The number of thioether (sulfide) groups is 1. The quantitative estimate of drug-likeness (QED) is 0.470. The van der Waals surface area contributed by atoms with E-state index in [0.717, 1.165) is 40.4 Å². The third-order valence-electron chi connectivity index (χ3n) is 4.30. The van der Waals surface area contributed by atoms with Crippen LogP contribution in [0.25, 0.3) is 0 Å². The van der Waals surface area contributed by atoms with Crippen LogP contribution in [0.5, 0.6) is 0 Å². The van der Waals surface area contributed by atoms with Gasteiger partial charge in [0.05, 0.1) is 10.6 Å². The molecule has 0 saturated carbocycles. The van der Waals surface area contributed by atoms with Crippen molar-refractivity contribution in [1.82, 2.24) is 3.97 Å². The Labute approximate surface area is 175 Å². The van der Waals surface area contributed by atoms with Crippen LogP contribution in [0.2, 0.25) is 0 Å². The second-order valence-corrected chi connectivity index (χ2v) is 10.1. The number of benzene rings is 2. The number of rotatable bonds is 7. The molecule has 2 aromatic carbocycles. The van der Waals surface area contributed by atoms with Crippen LogP contribution < -0.4 is 4.80 Å². The van der Waals surface area contributed by atoms with Gasteiger partial charge >= 0.3 is 0 Å². The molecule has 0 saturated heterocycles. The lowest BCUT2D eigenvalue weighted by molar-refractivity contribution is 0.580. The van der Waals surface area contributed by atoms with Crippen molar-refractivity contribution in [2.45, 2.75) is 43.0 Å². The molecule has 0 atom stereocenters. The summed E-state index contributed by atoms with van der Waals surface area (Å²) in [5, 5.41) is 0.758. The third-order valence-corrected chi connectivity index (χ3v) is 8.28. The molecule has 4 nitrogen and oxygen atoms in total. The van der Waals surface area contributed by atoms with Crippen molar-refractivity contribution in [3.63, 3.8) is 0 Å². The van der Waals surface area contributed by atoms with Crippen molar-refractivity contribution < 1.29 is 8.42 Å². The van der Waals surface area contributed by atoms with Gasteiger partial charge in [-0.1, -0.05) is 60.6 Å². The molecule has 28 heavy (non-hydrogen) atoms. The van der Waals surface area contributed by atoms with Gasteiger partial charge in [0.25, 0.3) is 10.0 Å². The maximum atomic E-state index is 13.5. The minimum Gasteiger partial charge on any atom is -0.220 e. The Morgan fingerprint density at radius 3 is 2.36 bits per heavy atom. The fourth-order valence-electron chi connectivity index (χ4n) is 2.80. The largest absolute Gasteiger partial charge is 0.270 e. The van der Waals surface area contributed by atoms with E-state index in [1.165, 1.54) is 27.1 Å². The summed E-state index contributed by atoms with van der Waals surface area (Å²) in [5.41, 5.74) is 1.77. The molecule has 0 aliphatic carbocycles. The number of unbranched alkanes of at least 4 members (excludes halogenated alkanes) is 1. The van der Waals surface area contributed by atoms with Crippen LogP contribution in [0.1, 0.15) is 30.2 Å². The van der Waals surface area contributed by atoms with E-state index >= 15 is 0 Å². The molecule has 1 heterocycles. The molecular formula is C21H24N2O2S3. The Hall–Kier alpha value is -1.83. The highest BCUT2D eigenvalue weighted by molar-refractivity contribution is 7.99. The van der Waals surface area contributed by atoms with Gasteiger partial charge in [0.15, 0.2) is 0 Å². The zero-order chi connectivity index (χ0) is 20.1. The average Bonchev–Trinajstić information content (AvgIpc) is 3.05. The monoisotopic (exact) mass is 432 g/mol. The van der Waals surface area contributed by atoms with E-state index in [1.54, 1.807) is 12.1 Å². The Morgan fingerprint density at radius 2 is 1.75 bits per heavy atom. The van der Waals surface area contributed by atoms with Crippen molar-refractivity contribution in [2.75, 3.05) is 6.26 Å². The van der Waals surface area contributed by atoms with E-state index in [2.05, 4.69) is 11.9 Å². The molecule has 0 radical (unpaired) electrons. The molecule has 3 rings (SSSR count). The van der Waals surface area contributed by atoms with Crippen LogP contribution in [0.4, 0.5) is 5.69 Å². The van der Waals surface area contributed by atoms with E-state index < -0.39 is 10.0 Å². The lowest BCUT2D eigenvalue weighted by Gasteiger charge is -2.10. The second kappa shape index (κ2) is 9.11. The molecule has 0 bridgehead atoms. The van der Waals surface area contributed by atoms with Crippen LogP contribution >= 0.6 is 23.1 Å². The molecule has 1 aromatic heterocycles. The fourth-order valence-corrected chi connectivity index (χ4v) is 7.03. The molecule has 0 aliphatic rings. The summed E-state index contributed by atoms with van der Waals surface area (Å²) >= 11 is 2.93. The maximum Gasteiger partial charge on any atom is 0.270 e. The maximum absolute atomic E-state index is 13.5. The number of aryl methyl sites for hydroxylation is 2. The fraction of sp³-hybridized carbons (Fsp3) is 0.286. The van der Waals surface area contributed by atoms with Gasteiger partial charge < -0.3 is 0 Å². The van der Waals surface area contributed by atoms with E-state index in [1.807, 2.05) is 55.6 Å². The molecule has 3 aromatic rings. The number of nitrogens with zero attached hydrogens (tertiary/aromatic N) is 2. The number of aromatic nitrogens is 1. The van der Waals surface area contributed by atoms with E-state index in [-0.39, 0.29) is 4.90 Å². The van der Waals surface area contributed by atoms with E-state index in [4.69, 9.17) is 0 Å². The summed E-state index contributed by atoms with van der Waals surface area (Å²) in [6.45, 7) is 4.08. The minimum atomic E-state index is -3.74. The first kappa shape index (κ1) is 20.9. The van der Waals surface area contributed by atoms with Crippen LogP contribution in [0.3, 0.4) is 0 Å². The molecule has 0 amide bonds. The van der Waals surface area contributed by atoms with Crippen LogP contribution in [-0.4, -0.2) is 18.6 Å². The van der Waals surface area contributed by atoms with Gasteiger partial charge in [-0.25, -0.2) is 17.4 Å². The van der Waals surface area contributed by atoms with Gasteiger partial charge in [0, 0.05) is 4.88 Å². The highest BCUT2D eigenvalue weighted by atomic mass is 32.2. The summed E-state index contributed by atoms with van der Waals surface area (Å²) < 4.78 is 28.5. The zero-order valence-corrected chi connectivity index (χ0v) is 18.7. The number of para-hydroxylation sites is 1.